The van der Waals surface area contributed by atoms with Gasteiger partial charge >= 0.3 is 12.0 Å². The van der Waals surface area contributed by atoms with E-state index in [1.807, 2.05) is 5.32 Å². The molecule has 20 heavy (non-hydrogen) atoms. The van der Waals surface area contributed by atoms with E-state index in [1.165, 1.54) is 13.8 Å². The Balaban J connectivity index is 4.45. The van der Waals surface area contributed by atoms with Crippen molar-refractivity contribution in [3.8, 4) is 0 Å². The van der Waals surface area contributed by atoms with Crippen LogP contribution < -0.4 is 16.4 Å². The third-order valence-corrected chi connectivity index (χ3v) is 2.56. The van der Waals surface area contributed by atoms with Gasteiger partial charge in [0, 0.05) is 6.42 Å². The molecular weight excluding hydrogens is 266 g/mol. The first-order valence-corrected chi connectivity index (χ1v) is 5.99. The molecule has 0 bridgehead atoms. The number of carbonyl (C=O) groups excluding carboxylic acids is 3. The highest BCUT2D eigenvalue weighted by molar-refractivity contribution is 5.97. The number of hydrogen-bond acceptors (Lipinski definition) is 4. The molecule has 0 spiro atoms. The Hall–Kier alpha value is -2.12. The first-order valence-electron chi connectivity index (χ1n) is 5.99. The van der Waals surface area contributed by atoms with Crippen LogP contribution in [-0.4, -0.2) is 34.5 Å². The van der Waals surface area contributed by atoms with Crippen LogP contribution in [0.4, 0.5) is 4.79 Å². The number of carboxylic acids is 1. The van der Waals surface area contributed by atoms with Crippen LogP contribution in [0.2, 0.25) is 0 Å². The fourth-order valence-electron chi connectivity index (χ4n) is 1.45. The van der Waals surface area contributed by atoms with Gasteiger partial charge in [0.05, 0.1) is 6.42 Å². The van der Waals surface area contributed by atoms with Crippen molar-refractivity contribution in [2.45, 2.75) is 46.1 Å². The highest BCUT2D eigenvalue weighted by atomic mass is 16.4. The van der Waals surface area contributed by atoms with E-state index in [0.29, 0.717) is 0 Å². The predicted octanol–water partition coefficient (Wildman–Crippen LogP) is -0.0329. The largest absolute Gasteiger partial charge is 0.481 e. The number of carboxylic acid groups (broad SMARTS) is 1. The van der Waals surface area contributed by atoms with Crippen LogP contribution in [0.1, 0.15) is 40.5 Å². The van der Waals surface area contributed by atoms with Crippen molar-refractivity contribution in [1.82, 2.24) is 10.6 Å². The number of primary amides is 1. The fourth-order valence-corrected chi connectivity index (χ4v) is 1.45. The molecule has 0 rings (SSSR count). The number of hydrogen-bond donors (Lipinski definition) is 4. The fraction of sp³-hybridized carbons (Fsp3) is 0.667. The van der Waals surface area contributed by atoms with E-state index in [9.17, 15) is 19.2 Å². The number of carbonyl (C=O) groups is 4. The second-order valence-electron chi connectivity index (χ2n) is 5.90. The zero-order valence-electron chi connectivity index (χ0n) is 12.1. The average Bonchev–Trinajstić information content (AvgIpc) is 2.11. The summed E-state index contributed by atoms with van der Waals surface area (Å²) in [6, 6.07) is -0.857. The molecule has 0 aromatic rings. The molecule has 0 aliphatic rings. The van der Waals surface area contributed by atoms with E-state index in [2.05, 4.69) is 5.32 Å². The summed E-state index contributed by atoms with van der Waals surface area (Å²) in [5, 5.41) is 13.0. The molecule has 0 saturated heterocycles. The average molecular weight is 287 g/mol. The maximum Gasteiger partial charge on any atom is 0.322 e. The lowest BCUT2D eigenvalue weighted by molar-refractivity contribution is -0.139. The standard InChI is InChI=1S/C12H21N3O5/c1-11(2,6-8(17)18)5-7(16)14-10(20)15-12(3,4)9(13)19/h5-6H2,1-4H3,(H2,13,19)(H,17,18)(H2,14,15,16,20). The third kappa shape index (κ3) is 6.72. The van der Waals surface area contributed by atoms with Crippen molar-refractivity contribution in [1.29, 1.82) is 0 Å². The minimum Gasteiger partial charge on any atom is -0.481 e. The van der Waals surface area contributed by atoms with Gasteiger partial charge in [-0.1, -0.05) is 13.8 Å². The van der Waals surface area contributed by atoms with Gasteiger partial charge in [0.25, 0.3) is 0 Å². The molecule has 0 heterocycles. The molecule has 8 heteroatoms. The Kier molecular flexibility index (Phi) is 5.68. The van der Waals surface area contributed by atoms with Crippen molar-refractivity contribution in [3.63, 3.8) is 0 Å². The number of rotatable bonds is 6. The summed E-state index contributed by atoms with van der Waals surface area (Å²) in [6.07, 6.45) is -0.335. The van der Waals surface area contributed by atoms with Crippen LogP contribution in [0.25, 0.3) is 0 Å². The van der Waals surface area contributed by atoms with Crippen molar-refractivity contribution >= 4 is 23.8 Å². The van der Waals surface area contributed by atoms with Crippen molar-refractivity contribution < 1.29 is 24.3 Å². The molecule has 0 aliphatic heterocycles. The SMILES string of the molecule is CC(C)(CC(=O)O)CC(=O)NC(=O)NC(C)(C)C(N)=O. The van der Waals surface area contributed by atoms with E-state index < -0.39 is 34.8 Å². The van der Waals surface area contributed by atoms with Crippen LogP contribution in [0, 0.1) is 5.41 Å². The Bertz CT molecular complexity index is 429. The van der Waals surface area contributed by atoms with Gasteiger partial charge in [-0.05, 0) is 19.3 Å². The van der Waals surface area contributed by atoms with Crippen LogP contribution >= 0.6 is 0 Å². The molecule has 0 aliphatic carbocycles. The molecule has 114 valence electrons. The zero-order valence-corrected chi connectivity index (χ0v) is 12.1. The second kappa shape index (κ2) is 6.36. The normalized spacial score (nSPS) is 11.6. The van der Waals surface area contributed by atoms with Gasteiger partial charge in [-0.25, -0.2) is 4.79 Å². The van der Waals surface area contributed by atoms with Crippen LogP contribution in [0.15, 0.2) is 0 Å². The van der Waals surface area contributed by atoms with E-state index >= 15 is 0 Å². The van der Waals surface area contributed by atoms with E-state index in [1.54, 1.807) is 13.8 Å². The molecule has 0 atom stereocenters. The Morgan fingerprint density at radius 2 is 1.55 bits per heavy atom. The number of imide groups is 1. The molecule has 4 amide bonds. The first-order chi connectivity index (χ1) is 8.85. The molecule has 0 unspecified atom stereocenters. The van der Waals surface area contributed by atoms with Gasteiger partial charge in [-0.15, -0.1) is 0 Å². The summed E-state index contributed by atoms with van der Waals surface area (Å²) in [5.74, 6) is -2.40. The molecule has 0 radical (unpaired) electrons. The summed E-state index contributed by atoms with van der Waals surface area (Å²) in [4.78, 5) is 44.8. The van der Waals surface area contributed by atoms with E-state index in [0.717, 1.165) is 0 Å². The van der Waals surface area contributed by atoms with Crippen LogP contribution in [-0.2, 0) is 14.4 Å². The maximum absolute atomic E-state index is 11.6. The first kappa shape index (κ1) is 17.9. The van der Waals surface area contributed by atoms with Crippen molar-refractivity contribution in [2.75, 3.05) is 0 Å². The summed E-state index contributed by atoms with van der Waals surface area (Å²) in [6.45, 7) is 6.00. The Labute approximate surface area is 117 Å². The molecule has 0 aromatic heterocycles. The quantitative estimate of drug-likeness (QED) is 0.543. The number of nitrogens with one attached hydrogen (secondary N) is 2. The lowest BCUT2D eigenvalue weighted by Gasteiger charge is -2.24. The molecule has 0 fully saturated rings. The van der Waals surface area contributed by atoms with Gasteiger partial charge in [0.15, 0.2) is 0 Å². The summed E-state index contributed by atoms with van der Waals surface area (Å²) in [5.41, 5.74) is 3.00. The highest BCUT2D eigenvalue weighted by Crippen LogP contribution is 2.24. The zero-order chi connectivity index (χ0) is 16.1. The predicted molar refractivity (Wildman–Crippen MR) is 70.6 cm³/mol. The molecule has 0 saturated carbocycles. The molecular formula is C12H21N3O5. The van der Waals surface area contributed by atoms with Gasteiger partial charge in [0.1, 0.15) is 5.54 Å². The Morgan fingerprint density at radius 1 is 1.05 bits per heavy atom. The van der Waals surface area contributed by atoms with Gasteiger partial charge in [0.2, 0.25) is 11.8 Å². The Morgan fingerprint density at radius 3 is 1.95 bits per heavy atom. The molecule has 5 N–H and O–H groups in total. The van der Waals surface area contributed by atoms with Crippen LogP contribution in [0.3, 0.4) is 0 Å². The van der Waals surface area contributed by atoms with Gasteiger partial charge in [-0.3, -0.25) is 19.7 Å². The minimum absolute atomic E-state index is 0.135. The smallest absolute Gasteiger partial charge is 0.322 e. The van der Waals surface area contributed by atoms with E-state index in [4.69, 9.17) is 10.8 Å². The van der Waals surface area contributed by atoms with Crippen molar-refractivity contribution in [3.05, 3.63) is 0 Å². The van der Waals surface area contributed by atoms with E-state index in [-0.39, 0.29) is 12.8 Å². The maximum atomic E-state index is 11.6. The topological polar surface area (TPSA) is 139 Å². The lowest BCUT2D eigenvalue weighted by atomic mass is 9.85. The summed E-state index contributed by atoms with van der Waals surface area (Å²) >= 11 is 0. The second-order valence-corrected chi connectivity index (χ2v) is 5.90. The molecule has 8 nitrogen and oxygen atoms in total. The molecule has 0 aromatic carbocycles. The van der Waals surface area contributed by atoms with Crippen molar-refractivity contribution in [2.24, 2.45) is 11.1 Å². The summed E-state index contributed by atoms with van der Waals surface area (Å²) < 4.78 is 0. The monoisotopic (exact) mass is 287 g/mol. The minimum atomic E-state index is -1.29. The number of nitrogens with two attached hydrogens (primary N) is 1. The summed E-state index contributed by atoms with van der Waals surface area (Å²) in [7, 11) is 0. The lowest BCUT2D eigenvalue weighted by Crippen LogP contribution is -2.56. The van der Waals surface area contributed by atoms with Gasteiger partial charge < -0.3 is 16.2 Å². The van der Waals surface area contributed by atoms with Crippen LogP contribution in [0.5, 0.6) is 0 Å². The third-order valence-electron chi connectivity index (χ3n) is 2.56. The number of urea groups is 1. The number of amides is 4. The van der Waals surface area contributed by atoms with Gasteiger partial charge in [-0.2, -0.15) is 0 Å². The highest BCUT2D eigenvalue weighted by Gasteiger charge is 2.29. The number of aliphatic carboxylic acids is 1.